The van der Waals surface area contributed by atoms with Crippen LogP contribution < -0.4 is 10.1 Å². The summed E-state index contributed by atoms with van der Waals surface area (Å²) >= 11 is 0. The van der Waals surface area contributed by atoms with Crippen molar-refractivity contribution in [1.82, 2.24) is 9.80 Å². The number of hydrogen-bond acceptors (Lipinski definition) is 5. The number of hydrogen-bond donors (Lipinski definition) is 1. The molecule has 0 unspecified atom stereocenters. The normalized spacial score (nSPS) is 17.7. The first-order valence-corrected chi connectivity index (χ1v) is 11.4. The van der Waals surface area contributed by atoms with Gasteiger partial charge in [0, 0.05) is 13.1 Å². The number of amides is 1. The Morgan fingerprint density at radius 2 is 1.62 bits per heavy atom. The van der Waals surface area contributed by atoms with Crippen LogP contribution in [0.15, 0.2) is 24.3 Å². The van der Waals surface area contributed by atoms with Gasteiger partial charge >= 0.3 is 6.09 Å². The van der Waals surface area contributed by atoms with Gasteiger partial charge in [0.25, 0.3) is 0 Å². The summed E-state index contributed by atoms with van der Waals surface area (Å²) in [6, 6.07) is 7.59. The predicted molar refractivity (Wildman–Crippen MR) is 117 cm³/mol. The molecule has 2 fully saturated rings. The first-order valence-electron chi connectivity index (χ1n) is 11.4. The smallest absolute Gasteiger partial charge is 0.412 e. The number of anilines is 1. The van der Waals surface area contributed by atoms with Crippen molar-refractivity contribution in [3.05, 3.63) is 24.3 Å². The van der Waals surface area contributed by atoms with E-state index in [1.165, 1.54) is 25.7 Å². The van der Waals surface area contributed by atoms with Crippen LogP contribution in [0.5, 0.6) is 5.75 Å². The highest BCUT2D eigenvalue weighted by molar-refractivity contribution is 5.86. The van der Waals surface area contributed by atoms with Gasteiger partial charge in [0.2, 0.25) is 0 Å². The third kappa shape index (κ3) is 7.52. The fraction of sp³-hybridized carbons (Fsp3) is 0.696. The van der Waals surface area contributed by atoms with Gasteiger partial charge in [-0.3, -0.25) is 15.1 Å². The Labute approximate surface area is 175 Å². The minimum atomic E-state index is -0.391. The molecule has 0 spiro atoms. The van der Waals surface area contributed by atoms with Crippen LogP contribution in [-0.2, 0) is 4.74 Å². The van der Waals surface area contributed by atoms with Gasteiger partial charge in [-0.2, -0.15) is 0 Å². The highest BCUT2D eigenvalue weighted by atomic mass is 16.6. The number of para-hydroxylation sites is 2. The Morgan fingerprint density at radius 3 is 2.24 bits per heavy atom. The lowest BCUT2D eigenvalue weighted by Crippen LogP contribution is -2.42. The lowest BCUT2D eigenvalue weighted by atomic mass is 10.2. The van der Waals surface area contributed by atoms with Crippen LogP contribution >= 0.6 is 0 Å². The van der Waals surface area contributed by atoms with E-state index in [0.29, 0.717) is 18.0 Å². The highest BCUT2D eigenvalue weighted by Gasteiger charge is 2.25. The third-order valence-corrected chi connectivity index (χ3v) is 5.72. The largest absolute Gasteiger partial charge is 0.491 e. The lowest BCUT2D eigenvalue weighted by molar-refractivity contribution is 0.0636. The van der Waals surface area contributed by atoms with Crippen LogP contribution in [0.2, 0.25) is 0 Å². The maximum atomic E-state index is 12.7. The van der Waals surface area contributed by atoms with Gasteiger partial charge in [-0.1, -0.05) is 31.9 Å². The quantitative estimate of drug-likeness (QED) is 0.556. The number of rotatable bonds is 11. The molecule has 162 valence electrons. The number of likely N-dealkylation sites (tertiary alicyclic amines) is 2. The number of ether oxygens (including phenoxy) is 2. The summed E-state index contributed by atoms with van der Waals surface area (Å²) < 4.78 is 11.8. The lowest BCUT2D eigenvalue weighted by Gasteiger charge is -2.27. The summed E-state index contributed by atoms with van der Waals surface area (Å²) in [6.45, 7) is 8.90. The second kappa shape index (κ2) is 12.0. The molecule has 0 bridgehead atoms. The van der Waals surface area contributed by atoms with E-state index in [1.54, 1.807) is 0 Å². The van der Waals surface area contributed by atoms with Crippen LogP contribution in [-0.4, -0.2) is 67.9 Å². The second-order valence-electron chi connectivity index (χ2n) is 8.22. The minimum Gasteiger partial charge on any atom is -0.491 e. The summed E-state index contributed by atoms with van der Waals surface area (Å²) in [7, 11) is 0. The van der Waals surface area contributed by atoms with Crippen LogP contribution in [0.3, 0.4) is 0 Å². The van der Waals surface area contributed by atoms with Gasteiger partial charge in [-0.15, -0.1) is 0 Å². The van der Waals surface area contributed by atoms with Crippen LogP contribution in [0, 0.1) is 0 Å². The Balaban J connectivity index is 1.54. The summed E-state index contributed by atoms with van der Waals surface area (Å²) in [5.74, 6) is 0.705. The summed E-state index contributed by atoms with van der Waals surface area (Å²) in [6.07, 6.45) is 7.79. The van der Waals surface area contributed by atoms with E-state index < -0.39 is 6.09 Å². The van der Waals surface area contributed by atoms with Gasteiger partial charge < -0.3 is 9.47 Å². The van der Waals surface area contributed by atoms with Crippen LogP contribution in [0.4, 0.5) is 10.5 Å². The van der Waals surface area contributed by atoms with E-state index in [2.05, 4.69) is 22.0 Å². The number of nitrogens with zero attached hydrogens (tertiary/aromatic N) is 2. The Morgan fingerprint density at radius 1 is 1.00 bits per heavy atom. The molecule has 0 radical (unpaired) electrons. The molecule has 2 aliphatic rings. The Kier molecular flexibility index (Phi) is 9.09. The molecule has 1 amide bonds. The molecular weight excluding hydrogens is 366 g/mol. The van der Waals surface area contributed by atoms with Crippen molar-refractivity contribution in [3.8, 4) is 5.75 Å². The standard InChI is InChI=1S/C23H37N3O3/c1-2-3-10-17-28-22-12-5-4-11-21(22)24-23(27)29-20(18-25-13-6-7-14-25)19-26-15-8-9-16-26/h4-5,11-12,20H,2-3,6-10,13-19H2,1H3,(H,24,27). The fourth-order valence-corrected chi connectivity index (χ4v) is 4.16. The molecule has 3 rings (SSSR count). The van der Waals surface area contributed by atoms with E-state index in [-0.39, 0.29) is 6.10 Å². The summed E-state index contributed by atoms with van der Waals surface area (Å²) in [5, 5.41) is 2.91. The first kappa shape index (κ1) is 21.9. The molecule has 6 nitrogen and oxygen atoms in total. The zero-order valence-corrected chi connectivity index (χ0v) is 17.9. The van der Waals surface area contributed by atoms with Gasteiger partial charge in [0.05, 0.1) is 12.3 Å². The highest BCUT2D eigenvalue weighted by Crippen LogP contribution is 2.24. The Hall–Kier alpha value is -1.79. The molecule has 0 atom stereocenters. The van der Waals surface area contributed by atoms with Crippen molar-refractivity contribution < 1.29 is 14.3 Å². The monoisotopic (exact) mass is 403 g/mol. The van der Waals surface area contributed by atoms with Crippen molar-refractivity contribution in [1.29, 1.82) is 0 Å². The number of carbonyl (C=O) groups is 1. The van der Waals surface area contributed by atoms with Crippen molar-refractivity contribution in [2.24, 2.45) is 0 Å². The zero-order valence-electron chi connectivity index (χ0n) is 17.9. The molecule has 1 aromatic carbocycles. The molecule has 1 aromatic rings. The van der Waals surface area contributed by atoms with E-state index in [4.69, 9.17) is 9.47 Å². The van der Waals surface area contributed by atoms with Crippen LogP contribution in [0.25, 0.3) is 0 Å². The Bertz CT molecular complexity index is 595. The molecule has 2 saturated heterocycles. The van der Waals surface area contributed by atoms with E-state index in [1.807, 2.05) is 24.3 Å². The maximum absolute atomic E-state index is 12.7. The zero-order chi connectivity index (χ0) is 20.3. The molecular formula is C23H37N3O3. The second-order valence-corrected chi connectivity index (χ2v) is 8.22. The van der Waals surface area contributed by atoms with E-state index in [0.717, 1.165) is 58.5 Å². The molecule has 0 aromatic heterocycles. The molecule has 0 saturated carbocycles. The molecule has 1 N–H and O–H groups in total. The van der Waals surface area contributed by atoms with Crippen molar-refractivity contribution in [2.45, 2.75) is 58.0 Å². The number of unbranched alkanes of at least 4 members (excludes halogenated alkanes) is 2. The average Bonchev–Trinajstić information content (AvgIpc) is 3.41. The van der Waals surface area contributed by atoms with Gasteiger partial charge in [-0.25, -0.2) is 4.79 Å². The maximum Gasteiger partial charge on any atom is 0.412 e. The molecule has 0 aliphatic carbocycles. The fourth-order valence-electron chi connectivity index (χ4n) is 4.16. The number of nitrogens with one attached hydrogen (secondary N) is 1. The topological polar surface area (TPSA) is 54.0 Å². The first-order chi connectivity index (χ1) is 14.2. The van der Waals surface area contributed by atoms with Crippen LogP contribution in [0.1, 0.15) is 51.9 Å². The molecule has 2 aliphatic heterocycles. The summed E-state index contributed by atoms with van der Waals surface area (Å²) in [5.41, 5.74) is 0.676. The average molecular weight is 404 g/mol. The molecule has 29 heavy (non-hydrogen) atoms. The predicted octanol–water partition coefficient (Wildman–Crippen LogP) is 4.36. The van der Waals surface area contributed by atoms with Crippen molar-refractivity contribution in [3.63, 3.8) is 0 Å². The minimum absolute atomic E-state index is 0.108. The van der Waals surface area contributed by atoms with E-state index >= 15 is 0 Å². The number of carbonyl (C=O) groups excluding carboxylic acids is 1. The van der Waals surface area contributed by atoms with Gasteiger partial charge in [0.1, 0.15) is 11.9 Å². The van der Waals surface area contributed by atoms with Gasteiger partial charge in [-0.05, 0) is 70.4 Å². The van der Waals surface area contributed by atoms with Crippen molar-refractivity contribution in [2.75, 3.05) is 51.2 Å². The molecule has 2 heterocycles. The summed E-state index contributed by atoms with van der Waals surface area (Å²) in [4.78, 5) is 17.5. The van der Waals surface area contributed by atoms with E-state index in [9.17, 15) is 4.79 Å². The SMILES string of the molecule is CCCCCOc1ccccc1NC(=O)OC(CN1CCCC1)CN1CCCC1. The molecule has 6 heteroatoms. The third-order valence-electron chi connectivity index (χ3n) is 5.72. The van der Waals surface area contributed by atoms with Gasteiger partial charge in [0.15, 0.2) is 0 Å². The van der Waals surface area contributed by atoms with Crippen molar-refractivity contribution >= 4 is 11.8 Å². The number of benzene rings is 1.